The van der Waals surface area contributed by atoms with Gasteiger partial charge in [-0.05, 0) is 88.0 Å². The Kier molecular flexibility index (Phi) is 7.34. The second-order valence-electron chi connectivity index (χ2n) is 6.73. The quantitative estimate of drug-likeness (QED) is 0.133. The third-order valence-electron chi connectivity index (χ3n) is 4.70. The number of aryl methyl sites for hydroxylation is 1. The molecule has 0 saturated heterocycles. The van der Waals surface area contributed by atoms with Gasteiger partial charge in [0, 0.05) is 17.1 Å². The van der Waals surface area contributed by atoms with Crippen molar-refractivity contribution in [2.45, 2.75) is 20.1 Å². The van der Waals surface area contributed by atoms with Crippen LogP contribution in [0.4, 0.5) is 5.95 Å². The summed E-state index contributed by atoms with van der Waals surface area (Å²) in [6.07, 6.45) is 1.79. The molecule has 0 aliphatic heterocycles. The van der Waals surface area contributed by atoms with Crippen molar-refractivity contribution in [1.82, 2.24) is 9.55 Å². The molecule has 31 heavy (non-hydrogen) atoms. The number of fused-ring (bicyclic) bond motifs is 1. The second-order valence-corrected chi connectivity index (χ2v) is 9.46. The Balaban J connectivity index is 1.48. The number of nitrogens with zero attached hydrogens (tertiary/aromatic N) is 3. The average Bonchev–Trinajstić information content (AvgIpc) is 3.11. The van der Waals surface area contributed by atoms with Gasteiger partial charge < -0.3 is 9.30 Å². The number of hydrazone groups is 1. The summed E-state index contributed by atoms with van der Waals surface area (Å²) in [4.78, 5) is 4.63. The van der Waals surface area contributed by atoms with E-state index in [4.69, 9.17) is 16.3 Å². The van der Waals surface area contributed by atoms with E-state index in [0.29, 0.717) is 11.6 Å². The van der Waals surface area contributed by atoms with E-state index in [-0.39, 0.29) is 0 Å². The first-order valence-electron chi connectivity index (χ1n) is 9.66. The molecule has 0 unspecified atom stereocenters. The van der Waals surface area contributed by atoms with Crippen molar-refractivity contribution in [3.63, 3.8) is 0 Å². The van der Waals surface area contributed by atoms with E-state index in [2.05, 4.69) is 78.3 Å². The maximum atomic E-state index is 6.24. The molecule has 0 fully saturated rings. The molecular weight excluding hydrogens is 638 g/mol. The highest BCUT2D eigenvalue weighted by Crippen LogP contribution is 2.30. The molecule has 1 heterocycles. The molecule has 5 nitrogen and oxygen atoms in total. The minimum atomic E-state index is 0.425. The van der Waals surface area contributed by atoms with Crippen LogP contribution in [0, 0.1) is 7.14 Å². The fourth-order valence-corrected chi connectivity index (χ4v) is 5.52. The van der Waals surface area contributed by atoms with Gasteiger partial charge in [0.1, 0.15) is 12.4 Å². The Bertz CT molecular complexity index is 1230. The Morgan fingerprint density at radius 2 is 1.81 bits per heavy atom. The number of benzene rings is 3. The molecule has 0 spiro atoms. The molecule has 1 aromatic heterocycles. The molecule has 0 aliphatic rings. The van der Waals surface area contributed by atoms with Gasteiger partial charge in [-0.3, -0.25) is 0 Å². The van der Waals surface area contributed by atoms with Crippen LogP contribution < -0.4 is 10.2 Å². The molecule has 0 saturated carbocycles. The van der Waals surface area contributed by atoms with Gasteiger partial charge in [0.15, 0.2) is 0 Å². The lowest BCUT2D eigenvalue weighted by atomic mass is 10.2. The Morgan fingerprint density at radius 3 is 2.55 bits per heavy atom. The van der Waals surface area contributed by atoms with Crippen LogP contribution >= 0.6 is 56.8 Å². The van der Waals surface area contributed by atoms with Crippen molar-refractivity contribution in [3.8, 4) is 5.75 Å². The molecule has 3 aromatic carbocycles. The third kappa shape index (κ3) is 5.15. The number of halogens is 3. The summed E-state index contributed by atoms with van der Waals surface area (Å²) < 4.78 is 10.2. The zero-order chi connectivity index (χ0) is 21.8. The SMILES string of the molecule is CCn1c(N/N=C\c2cc(I)c(OCc3ccccc3Cl)c(I)c2)nc2ccccc21. The monoisotopic (exact) mass is 656 g/mol. The maximum absolute atomic E-state index is 6.24. The largest absolute Gasteiger partial charge is 0.487 e. The normalized spacial score (nSPS) is 11.4. The molecule has 0 radical (unpaired) electrons. The van der Waals surface area contributed by atoms with E-state index in [9.17, 15) is 0 Å². The second kappa shape index (κ2) is 10.2. The number of ether oxygens (including phenoxy) is 1. The van der Waals surface area contributed by atoms with E-state index in [1.807, 2.05) is 54.6 Å². The van der Waals surface area contributed by atoms with Crippen LogP contribution in [0.15, 0.2) is 65.8 Å². The number of hydrogen-bond donors (Lipinski definition) is 1. The lowest BCUT2D eigenvalue weighted by molar-refractivity contribution is 0.302. The van der Waals surface area contributed by atoms with E-state index in [0.717, 1.165) is 47.5 Å². The highest BCUT2D eigenvalue weighted by molar-refractivity contribution is 14.1. The fraction of sp³-hybridized carbons (Fsp3) is 0.130. The van der Waals surface area contributed by atoms with Crippen molar-refractivity contribution >= 4 is 80.0 Å². The van der Waals surface area contributed by atoms with Gasteiger partial charge in [-0.15, -0.1) is 0 Å². The first-order chi connectivity index (χ1) is 15.1. The zero-order valence-corrected chi connectivity index (χ0v) is 21.7. The van der Waals surface area contributed by atoms with Gasteiger partial charge in [-0.1, -0.05) is 41.9 Å². The molecular formula is C23H19ClI2N4O. The maximum Gasteiger partial charge on any atom is 0.224 e. The Morgan fingerprint density at radius 1 is 1.10 bits per heavy atom. The lowest BCUT2D eigenvalue weighted by Gasteiger charge is -2.12. The van der Waals surface area contributed by atoms with Crippen LogP contribution in [0.25, 0.3) is 11.0 Å². The Hall–Kier alpha value is -1.85. The predicted molar refractivity (Wildman–Crippen MR) is 144 cm³/mol. The van der Waals surface area contributed by atoms with Gasteiger partial charge in [0.25, 0.3) is 0 Å². The first kappa shape index (κ1) is 22.3. The fourth-order valence-electron chi connectivity index (χ4n) is 3.20. The molecule has 158 valence electrons. The zero-order valence-electron chi connectivity index (χ0n) is 16.6. The van der Waals surface area contributed by atoms with Crippen LogP contribution in [-0.4, -0.2) is 15.8 Å². The number of anilines is 1. The number of rotatable bonds is 7. The van der Waals surface area contributed by atoms with Crippen LogP contribution in [-0.2, 0) is 13.2 Å². The third-order valence-corrected chi connectivity index (χ3v) is 6.67. The smallest absolute Gasteiger partial charge is 0.224 e. The van der Waals surface area contributed by atoms with Gasteiger partial charge in [0.05, 0.1) is 24.4 Å². The van der Waals surface area contributed by atoms with E-state index in [1.54, 1.807) is 6.21 Å². The summed E-state index contributed by atoms with van der Waals surface area (Å²) in [6.45, 7) is 3.33. The minimum Gasteiger partial charge on any atom is -0.487 e. The van der Waals surface area contributed by atoms with Crippen molar-refractivity contribution in [3.05, 3.63) is 84.0 Å². The van der Waals surface area contributed by atoms with Gasteiger partial charge in [0.2, 0.25) is 5.95 Å². The summed E-state index contributed by atoms with van der Waals surface area (Å²) in [6, 6.07) is 19.9. The van der Waals surface area contributed by atoms with Gasteiger partial charge in [-0.2, -0.15) is 5.10 Å². The molecule has 0 amide bonds. The molecule has 4 rings (SSSR count). The van der Waals surface area contributed by atoms with Crippen LogP contribution in [0.1, 0.15) is 18.1 Å². The van der Waals surface area contributed by atoms with E-state index in [1.165, 1.54) is 0 Å². The van der Waals surface area contributed by atoms with Crippen molar-refractivity contribution < 1.29 is 4.74 Å². The summed E-state index contributed by atoms with van der Waals surface area (Å²) in [5, 5.41) is 5.12. The standard InChI is InChI=1S/C23H19ClI2N4O/c1-2-30-21-10-6-5-9-20(21)28-23(30)29-27-13-15-11-18(25)22(19(26)12-15)31-14-16-7-3-4-8-17(16)24/h3-13H,2,14H2,1H3,(H,28,29)/b27-13-. The number of nitrogens with one attached hydrogen (secondary N) is 1. The highest BCUT2D eigenvalue weighted by atomic mass is 127. The number of hydrogen-bond acceptors (Lipinski definition) is 4. The number of aromatic nitrogens is 2. The highest BCUT2D eigenvalue weighted by Gasteiger charge is 2.11. The van der Waals surface area contributed by atoms with Crippen molar-refractivity contribution in [2.75, 3.05) is 5.43 Å². The molecule has 4 aromatic rings. The number of imidazole rings is 1. The molecule has 0 bridgehead atoms. The van der Waals surface area contributed by atoms with E-state index >= 15 is 0 Å². The molecule has 0 aliphatic carbocycles. The van der Waals surface area contributed by atoms with Crippen LogP contribution in [0.5, 0.6) is 5.75 Å². The number of para-hydroxylation sites is 2. The first-order valence-corrected chi connectivity index (χ1v) is 12.2. The van der Waals surface area contributed by atoms with Gasteiger partial charge in [-0.25, -0.2) is 10.4 Å². The van der Waals surface area contributed by atoms with Gasteiger partial charge >= 0.3 is 0 Å². The summed E-state index contributed by atoms with van der Waals surface area (Å²) in [5.41, 5.74) is 7.06. The van der Waals surface area contributed by atoms with Crippen LogP contribution in [0.2, 0.25) is 5.02 Å². The molecule has 0 atom stereocenters. The van der Waals surface area contributed by atoms with Crippen molar-refractivity contribution in [2.24, 2.45) is 5.10 Å². The summed E-state index contributed by atoms with van der Waals surface area (Å²) >= 11 is 10.8. The Labute approximate surface area is 213 Å². The van der Waals surface area contributed by atoms with E-state index < -0.39 is 0 Å². The summed E-state index contributed by atoms with van der Waals surface area (Å²) in [5.74, 6) is 1.57. The molecule has 8 heteroatoms. The summed E-state index contributed by atoms with van der Waals surface area (Å²) in [7, 11) is 0. The predicted octanol–water partition coefficient (Wildman–Crippen LogP) is 6.94. The molecule has 1 N–H and O–H groups in total. The van der Waals surface area contributed by atoms with Crippen LogP contribution in [0.3, 0.4) is 0 Å². The lowest BCUT2D eigenvalue weighted by Crippen LogP contribution is -2.03. The topological polar surface area (TPSA) is 51.4 Å². The van der Waals surface area contributed by atoms with Crippen molar-refractivity contribution in [1.29, 1.82) is 0 Å². The average molecular weight is 657 g/mol. The minimum absolute atomic E-state index is 0.425.